The van der Waals surface area contributed by atoms with E-state index in [-0.39, 0.29) is 12.5 Å². The third-order valence-corrected chi connectivity index (χ3v) is 4.10. The molecule has 19 heavy (non-hydrogen) atoms. The van der Waals surface area contributed by atoms with Gasteiger partial charge < -0.3 is 10.6 Å². The summed E-state index contributed by atoms with van der Waals surface area (Å²) < 4.78 is 0. The maximum atomic E-state index is 12.1. The van der Waals surface area contributed by atoms with Crippen molar-refractivity contribution in [2.75, 3.05) is 11.4 Å². The third-order valence-electron chi connectivity index (χ3n) is 3.24. The maximum Gasteiger partial charge on any atom is 0.241 e. The highest BCUT2D eigenvalue weighted by Gasteiger charge is 2.17. The molecule has 1 heterocycles. The number of aryl methyl sites for hydroxylation is 1. The Kier molecular flexibility index (Phi) is 4.35. The zero-order valence-electron chi connectivity index (χ0n) is 11.2. The predicted molar refractivity (Wildman–Crippen MR) is 80.5 cm³/mol. The number of nitrogens with two attached hydrogens (primary N) is 1. The van der Waals surface area contributed by atoms with E-state index in [1.807, 2.05) is 36.6 Å². The minimum atomic E-state index is -0.0536. The van der Waals surface area contributed by atoms with Crippen LogP contribution in [0.2, 0.25) is 0 Å². The molecule has 0 unspecified atom stereocenters. The topological polar surface area (TPSA) is 46.3 Å². The number of hydrogen-bond acceptors (Lipinski definition) is 3. The van der Waals surface area contributed by atoms with Crippen LogP contribution in [-0.4, -0.2) is 12.5 Å². The van der Waals surface area contributed by atoms with E-state index in [9.17, 15) is 4.79 Å². The summed E-state index contributed by atoms with van der Waals surface area (Å²) in [5, 5.41) is 2.02. The fourth-order valence-corrected chi connectivity index (χ4v) is 2.70. The van der Waals surface area contributed by atoms with Crippen LogP contribution in [0.3, 0.4) is 0 Å². The van der Waals surface area contributed by atoms with Gasteiger partial charge in [0, 0.05) is 10.6 Å². The first kappa shape index (κ1) is 13.8. The lowest BCUT2D eigenvalue weighted by atomic mass is 10.1. The SMILES string of the molecule is Cc1cccc(N(Cc2cccs2)C(=O)CN)c1C. The lowest BCUT2D eigenvalue weighted by Gasteiger charge is -2.24. The first-order chi connectivity index (χ1) is 9.13. The van der Waals surface area contributed by atoms with Crippen LogP contribution < -0.4 is 10.6 Å². The molecule has 0 atom stereocenters. The minimum absolute atomic E-state index is 0.0265. The van der Waals surface area contributed by atoms with E-state index >= 15 is 0 Å². The number of rotatable bonds is 4. The van der Waals surface area contributed by atoms with Crippen molar-refractivity contribution in [2.24, 2.45) is 5.73 Å². The van der Waals surface area contributed by atoms with Gasteiger partial charge in [0.1, 0.15) is 0 Å². The van der Waals surface area contributed by atoms with Gasteiger partial charge in [0.25, 0.3) is 0 Å². The second-order valence-electron chi connectivity index (χ2n) is 4.48. The molecular weight excluding hydrogens is 256 g/mol. The number of anilines is 1. The van der Waals surface area contributed by atoms with Crippen LogP contribution in [-0.2, 0) is 11.3 Å². The molecule has 0 fully saturated rings. The fraction of sp³-hybridized carbons (Fsp3) is 0.267. The fourth-order valence-electron chi connectivity index (χ4n) is 2.00. The molecule has 1 aromatic heterocycles. The number of carbonyl (C=O) groups excluding carboxylic acids is 1. The molecule has 0 aliphatic heterocycles. The average Bonchev–Trinajstić information content (AvgIpc) is 2.92. The maximum absolute atomic E-state index is 12.1. The van der Waals surface area contributed by atoms with E-state index in [0.717, 1.165) is 16.1 Å². The van der Waals surface area contributed by atoms with Crippen molar-refractivity contribution in [2.45, 2.75) is 20.4 Å². The normalized spacial score (nSPS) is 10.5. The Morgan fingerprint density at radius 2 is 2.05 bits per heavy atom. The largest absolute Gasteiger partial charge is 0.322 e. The Bertz CT molecular complexity index is 564. The highest BCUT2D eigenvalue weighted by Crippen LogP contribution is 2.25. The van der Waals surface area contributed by atoms with Gasteiger partial charge in [-0.1, -0.05) is 18.2 Å². The molecule has 4 heteroatoms. The molecule has 0 spiro atoms. The first-order valence-electron chi connectivity index (χ1n) is 6.22. The van der Waals surface area contributed by atoms with Crippen molar-refractivity contribution in [3.05, 3.63) is 51.7 Å². The zero-order valence-corrected chi connectivity index (χ0v) is 12.0. The van der Waals surface area contributed by atoms with E-state index in [0.29, 0.717) is 6.54 Å². The van der Waals surface area contributed by atoms with Crippen LogP contribution in [0.15, 0.2) is 35.7 Å². The molecule has 100 valence electrons. The van der Waals surface area contributed by atoms with Crippen molar-refractivity contribution in [3.63, 3.8) is 0 Å². The molecule has 1 amide bonds. The molecule has 0 aliphatic rings. The molecule has 0 aliphatic carbocycles. The predicted octanol–water partition coefficient (Wildman–Crippen LogP) is 2.86. The summed E-state index contributed by atoms with van der Waals surface area (Å²) in [6.45, 7) is 4.70. The third kappa shape index (κ3) is 3.03. The standard InChI is InChI=1S/C15H18N2OS/c1-11-5-3-7-14(12(11)2)17(15(18)9-16)10-13-6-4-8-19-13/h3-8H,9-10,16H2,1-2H3. The van der Waals surface area contributed by atoms with Crippen LogP contribution in [0.1, 0.15) is 16.0 Å². The molecule has 0 saturated carbocycles. The summed E-state index contributed by atoms with van der Waals surface area (Å²) in [5.74, 6) is -0.0536. The van der Waals surface area contributed by atoms with Crippen LogP contribution in [0.25, 0.3) is 0 Å². The van der Waals surface area contributed by atoms with Gasteiger partial charge in [0.15, 0.2) is 0 Å². The minimum Gasteiger partial charge on any atom is -0.322 e. The van der Waals surface area contributed by atoms with Gasteiger partial charge in [-0.15, -0.1) is 11.3 Å². The van der Waals surface area contributed by atoms with Crippen molar-refractivity contribution in [1.82, 2.24) is 0 Å². The van der Waals surface area contributed by atoms with Gasteiger partial charge in [0.05, 0.1) is 13.1 Å². The number of amides is 1. The summed E-state index contributed by atoms with van der Waals surface area (Å²) in [5.41, 5.74) is 8.79. The Labute approximate surface area is 117 Å². The molecule has 0 bridgehead atoms. The van der Waals surface area contributed by atoms with E-state index in [4.69, 9.17) is 5.73 Å². The molecule has 2 aromatic rings. The summed E-state index contributed by atoms with van der Waals surface area (Å²) >= 11 is 1.65. The number of thiophene rings is 1. The van der Waals surface area contributed by atoms with Gasteiger partial charge in [-0.3, -0.25) is 4.79 Å². The second-order valence-corrected chi connectivity index (χ2v) is 5.51. The Hall–Kier alpha value is -1.65. The van der Waals surface area contributed by atoms with E-state index in [1.165, 1.54) is 5.56 Å². The number of nitrogens with zero attached hydrogens (tertiary/aromatic N) is 1. The Morgan fingerprint density at radius 3 is 2.68 bits per heavy atom. The molecule has 2 N–H and O–H groups in total. The highest BCUT2D eigenvalue weighted by atomic mass is 32.1. The molecule has 0 saturated heterocycles. The van der Waals surface area contributed by atoms with Gasteiger partial charge in [-0.2, -0.15) is 0 Å². The van der Waals surface area contributed by atoms with Crippen LogP contribution in [0, 0.1) is 13.8 Å². The first-order valence-corrected chi connectivity index (χ1v) is 7.10. The van der Waals surface area contributed by atoms with E-state index in [1.54, 1.807) is 16.2 Å². The number of hydrogen-bond donors (Lipinski definition) is 1. The van der Waals surface area contributed by atoms with Crippen molar-refractivity contribution < 1.29 is 4.79 Å². The van der Waals surface area contributed by atoms with Gasteiger partial charge in [-0.25, -0.2) is 0 Å². The van der Waals surface area contributed by atoms with E-state index in [2.05, 4.69) is 13.0 Å². The summed E-state index contributed by atoms with van der Waals surface area (Å²) in [6, 6.07) is 10.0. The number of benzene rings is 1. The summed E-state index contributed by atoms with van der Waals surface area (Å²) in [4.78, 5) is 15.0. The van der Waals surface area contributed by atoms with Crippen LogP contribution in [0.4, 0.5) is 5.69 Å². The Morgan fingerprint density at radius 1 is 1.26 bits per heavy atom. The number of carbonyl (C=O) groups is 1. The van der Waals surface area contributed by atoms with Crippen molar-refractivity contribution in [3.8, 4) is 0 Å². The van der Waals surface area contributed by atoms with Gasteiger partial charge >= 0.3 is 0 Å². The van der Waals surface area contributed by atoms with Gasteiger partial charge in [0.2, 0.25) is 5.91 Å². The smallest absolute Gasteiger partial charge is 0.241 e. The quantitative estimate of drug-likeness (QED) is 0.932. The Balaban J connectivity index is 2.37. The zero-order chi connectivity index (χ0) is 13.8. The highest BCUT2D eigenvalue weighted by molar-refractivity contribution is 7.09. The molecule has 2 rings (SSSR count). The van der Waals surface area contributed by atoms with Crippen molar-refractivity contribution >= 4 is 22.9 Å². The monoisotopic (exact) mass is 274 g/mol. The molecule has 0 radical (unpaired) electrons. The van der Waals surface area contributed by atoms with Crippen LogP contribution >= 0.6 is 11.3 Å². The second kappa shape index (κ2) is 5.99. The lowest BCUT2D eigenvalue weighted by molar-refractivity contribution is -0.117. The summed E-state index contributed by atoms with van der Waals surface area (Å²) in [7, 11) is 0. The van der Waals surface area contributed by atoms with E-state index < -0.39 is 0 Å². The summed E-state index contributed by atoms with van der Waals surface area (Å²) in [6.07, 6.45) is 0. The van der Waals surface area contributed by atoms with Gasteiger partial charge in [-0.05, 0) is 42.5 Å². The molecule has 1 aromatic carbocycles. The average molecular weight is 274 g/mol. The molecular formula is C15H18N2OS. The van der Waals surface area contributed by atoms with Crippen molar-refractivity contribution in [1.29, 1.82) is 0 Å². The lowest BCUT2D eigenvalue weighted by Crippen LogP contribution is -2.35. The molecule has 3 nitrogen and oxygen atoms in total. The van der Waals surface area contributed by atoms with Crippen LogP contribution in [0.5, 0.6) is 0 Å².